The second-order valence-corrected chi connectivity index (χ2v) is 5.39. The summed E-state index contributed by atoms with van der Waals surface area (Å²) in [6.45, 7) is 1.95. The van der Waals surface area contributed by atoms with Gasteiger partial charge in [0.1, 0.15) is 6.10 Å². The van der Waals surface area contributed by atoms with Crippen molar-refractivity contribution in [3.8, 4) is 0 Å². The zero-order chi connectivity index (χ0) is 13.5. The summed E-state index contributed by atoms with van der Waals surface area (Å²) in [5, 5.41) is 15.2. The minimum atomic E-state index is -0.429. The van der Waals surface area contributed by atoms with Crippen molar-refractivity contribution < 1.29 is 9.84 Å². The van der Waals surface area contributed by atoms with Crippen molar-refractivity contribution in [1.29, 1.82) is 0 Å². The van der Waals surface area contributed by atoms with Crippen LogP contribution in [0.1, 0.15) is 22.1 Å². The van der Waals surface area contributed by atoms with E-state index in [1.807, 2.05) is 29.6 Å². The zero-order valence-corrected chi connectivity index (χ0v) is 11.8. The largest absolute Gasteiger partial charge is 0.386 e. The first-order valence-electron chi connectivity index (χ1n) is 6.28. The number of thiophene rings is 1. The molecular formula is C15H19NO2S. The summed E-state index contributed by atoms with van der Waals surface area (Å²) in [7, 11) is 1.70. The van der Waals surface area contributed by atoms with Gasteiger partial charge in [-0.15, -0.1) is 11.3 Å². The fourth-order valence-electron chi connectivity index (χ4n) is 1.93. The van der Waals surface area contributed by atoms with Gasteiger partial charge in [0.05, 0.1) is 6.61 Å². The van der Waals surface area contributed by atoms with Crippen molar-refractivity contribution in [2.45, 2.75) is 19.3 Å². The molecule has 2 N–H and O–H groups in total. The zero-order valence-electron chi connectivity index (χ0n) is 11.0. The summed E-state index contributed by atoms with van der Waals surface area (Å²) in [5.41, 5.74) is 2.37. The number of rotatable bonds is 7. The number of ether oxygens (including phenoxy) is 1. The Hall–Kier alpha value is -1.20. The van der Waals surface area contributed by atoms with Crippen molar-refractivity contribution >= 4 is 11.3 Å². The Labute approximate surface area is 117 Å². The van der Waals surface area contributed by atoms with Gasteiger partial charge in [-0.2, -0.15) is 0 Å². The average Bonchev–Trinajstić information content (AvgIpc) is 2.93. The highest BCUT2D eigenvalue weighted by Crippen LogP contribution is 2.17. The van der Waals surface area contributed by atoms with Crippen molar-refractivity contribution in [3.63, 3.8) is 0 Å². The molecule has 0 amide bonds. The van der Waals surface area contributed by atoms with Gasteiger partial charge in [0.2, 0.25) is 0 Å². The second kappa shape index (κ2) is 7.40. The van der Waals surface area contributed by atoms with Gasteiger partial charge in [0.15, 0.2) is 0 Å². The summed E-state index contributed by atoms with van der Waals surface area (Å²) in [4.78, 5) is 1.00. The third kappa shape index (κ3) is 4.44. The van der Waals surface area contributed by atoms with E-state index in [1.165, 1.54) is 11.1 Å². The Morgan fingerprint density at radius 3 is 2.84 bits per heavy atom. The molecule has 0 aliphatic carbocycles. The van der Waals surface area contributed by atoms with E-state index in [4.69, 9.17) is 4.74 Å². The Morgan fingerprint density at radius 2 is 2.11 bits per heavy atom. The molecule has 1 unspecified atom stereocenters. The number of methoxy groups -OCH3 is 1. The molecule has 0 spiro atoms. The maximum Gasteiger partial charge on any atom is 0.101 e. The van der Waals surface area contributed by atoms with Crippen LogP contribution in [0.4, 0.5) is 0 Å². The Balaban J connectivity index is 1.80. The minimum absolute atomic E-state index is 0.429. The quantitative estimate of drug-likeness (QED) is 0.817. The van der Waals surface area contributed by atoms with E-state index >= 15 is 0 Å². The van der Waals surface area contributed by atoms with Gasteiger partial charge in [0.25, 0.3) is 0 Å². The predicted octanol–water partition coefficient (Wildman–Crippen LogP) is 2.72. The Bertz CT molecular complexity index is 485. The van der Waals surface area contributed by atoms with E-state index < -0.39 is 6.10 Å². The van der Waals surface area contributed by atoms with E-state index in [9.17, 15) is 5.11 Å². The molecule has 2 aromatic rings. The molecule has 1 atom stereocenters. The first-order valence-corrected chi connectivity index (χ1v) is 7.16. The van der Waals surface area contributed by atoms with E-state index in [-0.39, 0.29) is 0 Å². The average molecular weight is 277 g/mol. The summed E-state index contributed by atoms with van der Waals surface area (Å²) >= 11 is 1.58. The second-order valence-electron chi connectivity index (χ2n) is 4.42. The van der Waals surface area contributed by atoms with Gasteiger partial charge < -0.3 is 15.2 Å². The lowest BCUT2D eigenvalue weighted by molar-refractivity contribution is 0.178. The standard InChI is InChI=1S/C15H19NO2S/c1-18-11-13-5-2-4-12(8-13)9-16-10-14(17)15-6-3-7-19-15/h2-8,14,16-17H,9-11H2,1H3. The van der Waals surface area contributed by atoms with Gasteiger partial charge >= 0.3 is 0 Å². The fourth-order valence-corrected chi connectivity index (χ4v) is 2.64. The van der Waals surface area contributed by atoms with Crippen molar-refractivity contribution in [2.75, 3.05) is 13.7 Å². The smallest absolute Gasteiger partial charge is 0.101 e. The van der Waals surface area contributed by atoms with Crippen LogP contribution in [0.25, 0.3) is 0 Å². The van der Waals surface area contributed by atoms with Crippen molar-refractivity contribution in [1.82, 2.24) is 5.32 Å². The molecule has 0 saturated heterocycles. The fraction of sp³-hybridized carbons (Fsp3) is 0.333. The highest BCUT2D eigenvalue weighted by atomic mass is 32.1. The van der Waals surface area contributed by atoms with Crippen LogP contribution in [0.5, 0.6) is 0 Å². The SMILES string of the molecule is COCc1cccc(CNCC(O)c2cccs2)c1. The molecule has 1 heterocycles. The predicted molar refractivity (Wildman–Crippen MR) is 78.1 cm³/mol. The molecule has 3 nitrogen and oxygen atoms in total. The number of hydrogen-bond acceptors (Lipinski definition) is 4. The molecule has 0 aliphatic rings. The monoisotopic (exact) mass is 277 g/mol. The van der Waals surface area contributed by atoms with E-state index in [2.05, 4.69) is 17.4 Å². The molecule has 1 aromatic heterocycles. The molecule has 0 bridgehead atoms. The maximum atomic E-state index is 9.95. The van der Waals surface area contributed by atoms with Crippen LogP contribution in [-0.2, 0) is 17.9 Å². The topological polar surface area (TPSA) is 41.5 Å². The number of nitrogens with one attached hydrogen (secondary N) is 1. The molecule has 4 heteroatoms. The van der Waals surface area contributed by atoms with Gasteiger partial charge in [-0.05, 0) is 22.6 Å². The third-order valence-corrected chi connectivity index (χ3v) is 3.81. The van der Waals surface area contributed by atoms with Crippen molar-refractivity contribution in [2.24, 2.45) is 0 Å². The molecule has 0 aliphatic heterocycles. The highest BCUT2D eigenvalue weighted by Gasteiger charge is 2.07. The van der Waals surface area contributed by atoms with E-state index in [0.29, 0.717) is 13.2 Å². The van der Waals surface area contributed by atoms with Crippen LogP contribution < -0.4 is 5.32 Å². The lowest BCUT2D eigenvalue weighted by atomic mass is 10.1. The molecule has 0 saturated carbocycles. The molecule has 2 rings (SSSR count). The first-order chi connectivity index (χ1) is 9.29. The molecule has 1 aromatic carbocycles. The maximum absolute atomic E-state index is 9.95. The van der Waals surface area contributed by atoms with Crippen LogP contribution in [0, 0.1) is 0 Å². The molecule has 19 heavy (non-hydrogen) atoms. The molecule has 102 valence electrons. The van der Waals surface area contributed by atoms with E-state index in [1.54, 1.807) is 18.4 Å². The normalized spacial score (nSPS) is 12.5. The van der Waals surface area contributed by atoms with Crippen LogP contribution in [-0.4, -0.2) is 18.8 Å². The van der Waals surface area contributed by atoms with Gasteiger partial charge in [0, 0.05) is 25.1 Å². The van der Waals surface area contributed by atoms with Gasteiger partial charge in [-0.25, -0.2) is 0 Å². The van der Waals surface area contributed by atoms with Crippen LogP contribution in [0.2, 0.25) is 0 Å². The molecule has 0 fully saturated rings. The summed E-state index contributed by atoms with van der Waals surface area (Å²) in [6.07, 6.45) is -0.429. The summed E-state index contributed by atoms with van der Waals surface area (Å²) in [6, 6.07) is 12.2. The molecular weight excluding hydrogens is 258 g/mol. The Kier molecular flexibility index (Phi) is 5.54. The summed E-state index contributed by atoms with van der Waals surface area (Å²) < 4.78 is 5.12. The van der Waals surface area contributed by atoms with E-state index in [0.717, 1.165) is 11.4 Å². The van der Waals surface area contributed by atoms with Gasteiger partial charge in [-0.1, -0.05) is 30.3 Å². The molecule has 0 radical (unpaired) electrons. The summed E-state index contributed by atoms with van der Waals surface area (Å²) in [5.74, 6) is 0. The Morgan fingerprint density at radius 1 is 1.26 bits per heavy atom. The highest BCUT2D eigenvalue weighted by molar-refractivity contribution is 7.10. The number of hydrogen-bond donors (Lipinski definition) is 2. The first kappa shape index (κ1) is 14.2. The van der Waals surface area contributed by atoms with Crippen LogP contribution >= 0.6 is 11.3 Å². The lowest BCUT2D eigenvalue weighted by Crippen LogP contribution is -2.20. The number of aliphatic hydroxyl groups is 1. The minimum Gasteiger partial charge on any atom is -0.386 e. The van der Waals surface area contributed by atoms with Gasteiger partial charge in [-0.3, -0.25) is 0 Å². The third-order valence-electron chi connectivity index (χ3n) is 2.84. The lowest BCUT2D eigenvalue weighted by Gasteiger charge is -2.10. The van der Waals surface area contributed by atoms with Crippen LogP contribution in [0.15, 0.2) is 41.8 Å². The van der Waals surface area contributed by atoms with Crippen molar-refractivity contribution in [3.05, 3.63) is 57.8 Å². The number of benzene rings is 1. The number of aliphatic hydroxyl groups excluding tert-OH is 1. The van der Waals surface area contributed by atoms with Crippen LogP contribution in [0.3, 0.4) is 0 Å².